The molecule has 0 bridgehead atoms. The lowest BCUT2D eigenvalue weighted by atomic mass is 10.1. The molecule has 2 fully saturated rings. The molecule has 5 heterocycles. The number of morpholine rings is 1. The minimum atomic E-state index is 0.619. The Bertz CT molecular complexity index is 1240. The molecule has 2 saturated heterocycles. The van der Waals surface area contributed by atoms with Crippen LogP contribution in [0.4, 0.5) is 5.82 Å². The highest BCUT2D eigenvalue weighted by Crippen LogP contribution is 2.32. The van der Waals surface area contributed by atoms with Gasteiger partial charge in [0.1, 0.15) is 0 Å². The molecule has 0 saturated carbocycles. The van der Waals surface area contributed by atoms with Gasteiger partial charge in [-0.1, -0.05) is 12.1 Å². The minimum absolute atomic E-state index is 0.619. The van der Waals surface area contributed by atoms with E-state index in [1.165, 1.54) is 0 Å². The van der Waals surface area contributed by atoms with Gasteiger partial charge in [0.2, 0.25) is 17.1 Å². The highest BCUT2D eigenvalue weighted by atomic mass is 16.5. The van der Waals surface area contributed by atoms with Crippen molar-refractivity contribution in [1.29, 1.82) is 0 Å². The molecule has 9 heteroatoms. The largest absolute Gasteiger partial charge is 0.434 e. The Hall–Kier alpha value is -3.01. The van der Waals surface area contributed by atoms with Crippen LogP contribution < -0.4 is 4.90 Å². The fraction of sp³-hybridized carbons (Fsp3) is 0.435. The Morgan fingerprint density at radius 2 is 1.81 bits per heavy atom. The number of aromatic nitrogens is 4. The SMILES string of the molecule is CN1CCN(Cc2nc3nc(-c4cccc5[nH]ccc45)nc(N4CCOCC4)c3o2)CC1. The van der Waals surface area contributed by atoms with E-state index in [2.05, 4.69) is 44.9 Å². The molecule has 0 atom stereocenters. The molecule has 166 valence electrons. The van der Waals surface area contributed by atoms with Gasteiger partial charge in [0.15, 0.2) is 11.6 Å². The van der Waals surface area contributed by atoms with E-state index >= 15 is 0 Å². The molecule has 0 spiro atoms. The highest BCUT2D eigenvalue weighted by Gasteiger charge is 2.24. The summed E-state index contributed by atoms with van der Waals surface area (Å²) in [7, 11) is 2.16. The van der Waals surface area contributed by atoms with Crippen molar-refractivity contribution < 1.29 is 9.15 Å². The van der Waals surface area contributed by atoms with Gasteiger partial charge in [0.25, 0.3) is 0 Å². The van der Waals surface area contributed by atoms with E-state index in [0.29, 0.717) is 42.7 Å². The van der Waals surface area contributed by atoms with Gasteiger partial charge in [0, 0.05) is 61.9 Å². The number of rotatable bonds is 4. The summed E-state index contributed by atoms with van der Waals surface area (Å²) in [4.78, 5) is 24.8. The van der Waals surface area contributed by atoms with Gasteiger partial charge >= 0.3 is 0 Å². The molecule has 1 aromatic carbocycles. The van der Waals surface area contributed by atoms with Gasteiger partial charge in [-0.2, -0.15) is 4.98 Å². The Labute approximate surface area is 186 Å². The van der Waals surface area contributed by atoms with Crippen LogP contribution in [0.2, 0.25) is 0 Å². The zero-order valence-corrected chi connectivity index (χ0v) is 18.3. The number of fused-ring (bicyclic) bond motifs is 2. The number of piperazine rings is 1. The van der Waals surface area contributed by atoms with Gasteiger partial charge in [0.05, 0.1) is 19.8 Å². The highest BCUT2D eigenvalue weighted by molar-refractivity contribution is 5.95. The Kier molecular flexibility index (Phi) is 5.01. The van der Waals surface area contributed by atoms with E-state index in [-0.39, 0.29) is 0 Å². The fourth-order valence-electron chi connectivity index (χ4n) is 4.51. The summed E-state index contributed by atoms with van der Waals surface area (Å²) in [5, 5.41) is 1.10. The van der Waals surface area contributed by atoms with E-state index in [9.17, 15) is 0 Å². The first kappa shape index (κ1) is 19.7. The topological polar surface area (TPSA) is 86.6 Å². The van der Waals surface area contributed by atoms with Crippen LogP contribution in [0.15, 0.2) is 34.9 Å². The predicted octanol–water partition coefficient (Wildman–Crippen LogP) is 2.35. The van der Waals surface area contributed by atoms with Crippen LogP contribution in [0.5, 0.6) is 0 Å². The van der Waals surface area contributed by atoms with Crippen molar-refractivity contribution in [3.63, 3.8) is 0 Å². The van der Waals surface area contributed by atoms with Crippen LogP contribution in [0.25, 0.3) is 33.5 Å². The maximum absolute atomic E-state index is 6.27. The van der Waals surface area contributed by atoms with Gasteiger partial charge < -0.3 is 23.9 Å². The summed E-state index contributed by atoms with van der Waals surface area (Å²) in [6.45, 7) is 7.73. The van der Waals surface area contributed by atoms with Crippen molar-refractivity contribution >= 4 is 28.0 Å². The number of H-pyrrole nitrogens is 1. The number of hydrogen-bond acceptors (Lipinski definition) is 8. The van der Waals surface area contributed by atoms with Gasteiger partial charge in [-0.3, -0.25) is 4.90 Å². The summed E-state index contributed by atoms with van der Waals surface area (Å²) < 4.78 is 11.8. The number of aromatic amines is 1. The fourth-order valence-corrected chi connectivity index (χ4v) is 4.51. The zero-order chi connectivity index (χ0) is 21.5. The Balaban J connectivity index is 1.43. The van der Waals surface area contributed by atoms with Crippen LogP contribution in [0.3, 0.4) is 0 Å². The monoisotopic (exact) mass is 433 g/mol. The molecule has 32 heavy (non-hydrogen) atoms. The molecule has 4 aromatic rings. The first-order valence-electron chi connectivity index (χ1n) is 11.2. The molecule has 6 rings (SSSR count). The number of anilines is 1. The molecule has 1 N–H and O–H groups in total. The lowest BCUT2D eigenvalue weighted by Gasteiger charge is -2.31. The molecule has 9 nitrogen and oxygen atoms in total. The lowest BCUT2D eigenvalue weighted by molar-refractivity contribution is 0.122. The van der Waals surface area contributed by atoms with Crippen molar-refractivity contribution in [3.8, 4) is 11.4 Å². The molecule has 2 aliphatic rings. The first-order chi connectivity index (χ1) is 15.7. The molecule has 0 radical (unpaired) electrons. The quantitative estimate of drug-likeness (QED) is 0.525. The predicted molar refractivity (Wildman–Crippen MR) is 123 cm³/mol. The van der Waals surface area contributed by atoms with Crippen LogP contribution >= 0.6 is 0 Å². The second-order valence-electron chi connectivity index (χ2n) is 8.55. The van der Waals surface area contributed by atoms with Crippen LogP contribution in [0, 0.1) is 0 Å². The summed E-state index contributed by atoms with van der Waals surface area (Å²) in [5.41, 5.74) is 3.34. The number of nitrogens with zero attached hydrogens (tertiary/aromatic N) is 6. The van der Waals surface area contributed by atoms with Crippen LogP contribution in [-0.4, -0.2) is 89.3 Å². The molecular formula is C23H27N7O2. The molecule has 2 aliphatic heterocycles. The maximum atomic E-state index is 6.27. The number of nitrogens with one attached hydrogen (secondary N) is 1. The summed E-state index contributed by atoms with van der Waals surface area (Å²) in [5.74, 6) is 2.17. The van der Waals surface area contributed by atoms with Gasteiger partial charge in [-0.25, -0.2) is 9.97 Å². The zero-order valence-electron chi connectivity index (χ0n) is 18.3. The average Bonchev–Trinajstić information content (AvgIpc) is 3.47. The maximum Gasteiger partial charge on any atom is 0.216 e. The van der Waals surface area contributed by atoms with E-state index in [1.807, 2.05) is 12.3 Å². The number of likely N-dealkylation sites (N-methyl/N-ethyl adjacent to an activating group) is 1. The van der Waals surface area contributed by atoms with Gasteiger partial charge in [-0.15, -0.1) is 0 Å². The standard InChI is InChI=1S/C23H27N7O2/c1-28-7-9-29(10-8-28)15-19-25-22-20(32-19)23(30-11-13-31-14-12-30)27-21(26-22)17-3-2-4-18-16(17)5-6-24-18/h2-6,24H,7-15H2,1H3. The van der Waals surface area contributed by atoms with Crippen LogP contribution in [-0.2, 0) is 11.3 Å². The third kappa shape index (κ3) is 3.62. The first-order valence-corrected chi connectivity index (χ1v) is 11.2. The summed E-state index contributed by atoms with van der Waals surface area (Å²) in [6.07, 6.45) is 1.94. The molecule has 3 aromatic heterocycles. The second-order valence-corrected chi connectivity index (χ2v) is 8.55. The second kappa shape index (κ2) is 8.16. The third-order valence-electron chi connectivity index (χ3n) is 6.38. The van der Waals surface area contributed by atoms with E-state index in [4.69, 9.17) is 24.1 Å². The molecule has 0 unspecified atom stereocenters. The number of benzene rings is 1. The van der Waals surface area contributed by atoms with Crippen molar-refractivity contribution in [1.82, 2.24) is 29.7 Å². The van der Waals surface area contributed by atoms with E-state index in [0.717, 1.165) is 61.6 Å². The van der Waals surface area contributed by atoms with E-state index < -0.39 is 0 Å². The summed E-state index contributed by atoms with van der Waals surface area (Å²) >= 11 is 0. The van der Waals surface area contributed by atoms with Gasteiger partial charge in [-0.05, 0) is 19.2 Å². The van der Waals surface area contributed by atoms with Crippen molar-refractivity contribution in [2.24, 2.45) is 0 Å². The normalized spacial score (nSPS) is 18.7. The number of hydrogen-bond donors (Lipinski definition) is 1. The Morgan fingerprint density at radius 1 is 0.969 bits per heavy atom. The molecule has 0 amide bonds. The average molecular weight is 434 g/mol. The molecule has 0 aliphatic carbocycles. The smallest absolute Gasteiger partial charge is 0.216 e. The summed E-state index contributed by atoms with van der Waals surface area (Å²) in [6, 6.07) is 8.21. The van der Waals surface area contributed by atoms with E-state index in [1.54, 1.807) is 0 Å². The minimum Gasteiger partial charge on any atom is -0.434 e. The van der Waals surface area contributed by atoms with Crippen LogP contribution in [0.1, 0.15) is 5.89 Å². The van der Waals surface area contributed by atoms with Crippen molar-refractivity contribution in [3.05, 3.63) is 36.4 Å². The van der Waals surface area contributed by atoms with Crippen molar-refractivity contribution in [2.45, 2.75) is 6.54 Å². The number of oxazole rings is 1. The molecular weight excluding hydrogens is 406 g/mol. The lowest BCUT2D eigenvalue weighted by Crippen LogP contribution is -2.43. The number of ether oxygens (including phenoxy) is 1. The Morgan fingerprint density at radius 3 is 2.66 bits per heavy atom. The van der Waals surface area contributed by atoms with Crippen molar-refractivity contribution in [2.75, 3.05) is 64.4 Å². The third-order valence-corrected chi connectivity index (χ3v) is 6.38.